The van der Waals surface area contributed by atoms with Crippen molar-refractivity contribution < 1.29 is 9.53 Å². The van der Waals surface area contributed by atoms with E-state index in [1.165, 1.54) is 30.6 Å². The van der Waals surface area contributed by atoms with Crippen molar-refractivity contribution in [3.05, 3.63) is 18.2 Å². The molecule has 4 nitrogen and oxygen atoms in total. The van der Waals surface area contributed by atoms with Crippen LogP contribution in [0.25, 0.3) is 10.2 Å². The fourth-order valence-corrected chi connectivity index (χ4v) is 6.64. The summed E-state index contributed by atoms with van der Waals surface area (Å²) >= 11 is 1.54. The van der Waals surface area contributed by atoms with Crippen LogP contribution in [0, 0.1) is 23.2 Å². The molecule has 0 saturated heterocycles. The van der Waals surface area contributed by atoms with Gasteiger partial charge in [0.1, 0.15) is 11.3 Å². The number of aromatic nitrogens is 1. The topological polar surface area (TPSA) is 51.2 Å². The zero-order chi connectivity index (χ0) is 16.3. The number of para-hydroxylation sites is 1. The summed E-state index contributed by atoms with van der Waals surface area (Å²) in [5.41, 5.74) is 0.710. The van der Waals surface area contributed by atoms with Gasteiger partial charge in [-0.05, 0) is 68.4 Å². The Morgan fingerprint density at radius 1 is 1.21 bits per heavy atom. The van der Waals surface area contributed by atoms with Gasteiger partial charge in [-0.2, -0.15) is 0 Å². The van der Waals surface area contributed by atoms with E-state index in [-0.39, 0.29) is 11.3 Å². The first-order chi connectivity index (χ1) is 11.6. The highest BCUT2D eigenvalue weighted by molar-refractivity contribution is 7.22. The van der Waals surface area contributed by atoms with E-state index in [1.807, 2.05) is 18.2 Å². The Bertz CT molecular complexity index is 778. The second kappa shape index (κ2) is 5.19. The predicted octanol–water partition coefficient (Wildman–Crippen LogP) is 4.46. The molecule has 1 N–H and O–H groups in total. The van der Waals surface area contributed by atoms with Gasteiger partial charge < -0.3 is 10.1 Å². The number of nitrogens with one attached hydrogen (secondary N) is 1. The fourth-order valence-electron chi connectivity index (χ4n) is 5.76. The zero-order valence-electron chi connectivity index (χ0n) is 13.9. The maximum Gasteiger partial charge on any atom is 0.232 e. The monoisotopic (exact) mass is 342 g/mol. The average molecular weight is 342 g/mol. The van der Waals surface area contributed by atoms with Crippen LogP contribution in [-0.4, -0.2) is 18.0 Å². The van der Waals surface area contributed by atoms with Gasteiger partial charge in [0, 0.05) is 0 Å². The summed E-state index contributed by atoms with van der Waals surface area (Å²) in [5, 5.41) is 3.86. The largest absolute Gasteiger partial charge is 0.494 e. The van der Waals surface area contributed by atoms with Crippen molar-refractivity contribution in [2.24, 2.45) is 23.2 Å². The maximum absolute atomic E-state index is 13.1. The SMILES string of the molecule is COc1cccc2sc(NC(=O)C34CC5CC(CC(C5)C3)C4)nc12. The number of methoxy groups -OCH3 is 1. The van der Waals surface area contributed by atoms with Crippen LogP contribution in [0.5, 0.6) is 5.75 Å². The summed E-state index contributed by atoms with van der Waals surface area (Å²) in [7, 11) is 1.65. The van der Waals surface area contributed by atoms with Crippen LogP contribution in [0.4, 0.5) is 5.13 Å². The molecular formula is C19H22N2O2S. The third-order valence-electron chi connectivity index (χ3n) is 6.34. The molecule has 0 aliphatic heterocycles. The van der Waals surface area contributed by atoms with E-state index in [0.717, 1.165) is 53.0 Å². The van der Waals surface area contributed by atoms with Gasteiger partial charge in [0.15, 0.2) is 5.13 Å². The molecule has 4 aliphatic rings. The predicted molar refractivity (Wildman–Crippen MR) is 95.4 cm³/mol. The van der Waals surface area contributed by atoms with Gasteiger partial charge in [-0.25, -0.2) is 4.98 Å². The van der Waals surface area contributed by atoms with Gasteiger partial charge in [-0.1, -0.05) is 17.4 Å². The molecule has 4 bridgehead atoms. The number of anilines is 1. The molecule has 1 amide bonds. The lowest BCUT2D eigenvalue weighted by Crippen LogP contribution is -2.51. The molecule has 4 fully saturated rings. The minimum Gasteiger partial charge on any atom is -0.494 e. The van der Waals surface area contributed by atoms with E-state index in [0.29, 0.717) is 5.13 Å². The molecule has 1 aromatic carbocycles. The molecular weight excluding hydrogens is 320 g/mol. The van der Waals surface area contributed by atoms with Crippen LogP contribution in [0.3, 0.4) is 0 Å². The van der Waals surface area contributed by atoms with Gasteiger partial charge in [-0.3, -0.25) is 4.79 Å². The van der Waals surface area contributed by atoms with E-state index >= 15 is 0 Å². The summed E-state index contributed by atoms with van der Waals surface area (Å²) in [6.07, 6.45) is 7.30. The van der Waals surface area contributed by atoms with Crippen molar-refractivity contribution >= 4 is 32.6 Å². The van der Waals surface area contributed by atoms with Gasteiger partial charge in [0.2, 0.25) is 5.91 Å². The van der Waals surface area contributed by atoms with Crippen molar-refractivity contribution in [1.29, 1.82) is 0 Å². The maximum atomic E-state index is 13.1. The van der Waals surface area contributed by atoms with Crippen LogP contribution in [0.15, 0.2) is 18.2 Å². The highest BCUT2D eigenvalue weighted by atomic mass is 32.1. The molecule has 0 atom stereocenters. The lowest BCUT2D eigenvalue weighted by atomic mass is 9.49. The first-order valence-electron chi connectivity index (χ1n) is 8.90. The van der Waals surface area contributed by atoms with Crippen LogP contribution in [-0.2, 0) is 4.79 Å². The fraction of sp³-hybridized carbons (Fsp3) is 0.579. The number of hydrogen-bond donors (Lipinski definition) is 1. The molecule has 6 rings (SSSR count). The Morgan fingerprint density at radius 3 is 2.50 bits per heavy atom. The molecule has 0 radical (unpaired) electrons. The highest BCUT2D eigenvalue weighted by Crippen LogP contribution is 2.60. The standard InChI is InChI=1S/C19H22N2O2S/c1-23-14-3-2-4-15-16(14)20-18(24-15)21-17(22)19-8-11-5-12(9-19)7-13(6-11)10-19/h2-4,11-13H,5-10H2,1H3,(H,20,21,22). The van der Waals surface area contributed by atoms with E-state index in [4.69, 9.17) is 4.74 Å². The van der Waals surface area contributed by atoms with E-state index in [9.17, 15) is 4.79 Å². The second-order valence-corrected chi connectivity index (χ2v) is 9.01. The number of nitrogens with zero attached hydrogens (tertiary/aromatic N) is 1. The number of hydrogen-bond acceptors (Lipinski definition) is 4. The summed E-state index contributed by atoms with van der Waals surface area (Å²) in [4.78, 5) is 17.7. The smallest absolute Gasteiger partial charge is 0.232 e. The molecule has 1 aromatic heterocycles. The highest BCUT2D eigenvalue weighted by Gasteiger charge is 2.54. The van der Waals surface area contributed by atoms with Gasteiger partial charge in [0.25, 0.3) is 0 Å². The Balaban J connectivity index is 1.43. The minimum absolute atomic E-state index is 0.128. The van der Waals surface area contributed by atoms with Crippen LogP contribution >= 0.6 is 11.3 Å². The number of benzene rings is 1. The number of amides is 1. The number of fused-ring (bicyclic) bond motifs is 1. The van der Waals surface area contributed by atoms with E-state index in [2.05, 4.69) is 10.3 Å². The number of carbonyl (C=O) groups excluding carboxylic acids is 1. The molecule has 0 unspecified atom stereocenters. The molecule has 24 heavy (non-hydrogen) atoms. The first-order valence-corrected chi connectivity index (χ1v) is 9.72. The van der Waals surface area contributed by atoms with Crippen molar-refractivity contribution in [1.82, 2.24) is 4.98 Å². The van der Waals surface area contributed by atoms with Crippen LogP contribution in [0.2, 0.25) is 0 Å². The Labute approximate surface area is 145 Å². The van der Waals surface area contributed by atoms with E-state index in [1.54, 1.807) is 7.11 Å². The molecule has 126 valence electrons. The quantitative estimate of drug-likeness (QED) is 0.896. The van der Waals surface area contributed by atoms with Crippen molar-refractivity contribution in [2.45, 2.75) is 38.5 Å². The minimum atomic E-state index is -0.128. The molecule has 0 spiro atoms. The molecule has 2 aromatic rings. The first kappa shape index (κ1) is 14.7. The summed E-state index contributed by atoms with van der Waals surface area (Å²) in [5.74, 6) is 3.30. The lowest BCUT2D eigenvalue weighted by Gasteiger charge is -2.55. The second-order valence-electron chi connectivity index (χ2n) is 7.98. The third-order valence-corrected chi connectivity index (χ3v) is 7.28. The van der Waals surface area contributed by atoms with Gasteiger partial charge in [0.05, 0.1) is 17.2 Å². The summed E-state index contributed by atoms with van der Waals surface area (Å²) in [6.45, 7) is 0. The number of carbonyl (C=O) groups is 1. The van der Waals surface area contributed by atoms with Gasteiger partial charge >= 0.3 is 0 Å². The van der Waals surface area contributed by atoms with Crippen LogP contribution < -0.4 is 10.1 Å². The Hall–Kier alpha value is -1.62. The Morgan fingerprint density at radius 2 is 1.88 bits per heavy atom. The van der Waals surface area contributed by atoms with Crippen molar-refractivity contribution in [3.63, 3.8) is 0 Å². The number of thiazole rings is 1. The average Bonchev–Trinajstić information content (AvgIpc) is 2.95. The zero-order valence-corrected chi connectivity index (χ0v) is 14.7. The third kappa shape index (κ3) is 2.17. The molecule has 1 heterocycles. The molecule has 4 saturated carbocycles. The summed E-state index contributed by atoms with van der Waals surface area (Å²) < 4.78 is 6.43. The van der Waals surface area contributed by atoms with Gasteiger partial charge in [-0.15, -0.1) is 0 Å². The number of ether oxygens (including phenoxy) is 1. The normalized spacial score (nSPS) is 33.8. The van der Waals surface area contributed by atoms with Crippen LogP contribution in [0.1, 0.15) is 38.5 Å². The summed E-state index contributed by atoms with van der Waals surface area (Å²) in [6, 6.07) is 5.90. The molecule has 4 aliphatic carbocycles. The lowest BCUT2D eigenvalue weighted by molar-refractivity contribution is -0.140. The van der Waals surface area contributed by atoms with E-state index < -0.39 is 0 Å². The Kier molecular flexibility index (Phi) is 3.18. The molecule has 5 heteroatoms. The number of rotatable bonds is 3. The van der Waals surface area contributed by atoms with Crippen molar-refractivity contribution in [3.8, 4) is 5.75 Å². The van der Waals surface area contributed by atoms with Crippen molar-refractivity contribution in [2.75, 3.05) is 12.4 Å².